The Hall–Kier alpha value is -0.805. The summed E-state index contributed by atoms with van der Waals surface area (Å²) < 4.78 is 31.8. The van der Waals surface area contributed by atoms with Gasteiger partial charge in [-0.05, 0) is 60.0 Å². The highest BCUT2D eigenvalue weighted by atomic mass is 32.2. The standard InChI is InChI=1S/C29H44BO3S/c1-27(15-7-5-3-2-4-6-8-16-27)23-33-29-19-10-9-17-28(30-29,18-11-20-29)25-12-13-26-24(22-25)14-21-34(26,31)32/h12-13,22H,2-11,14-21,23H2,1H3. The Kier molecular flexibility index (Phi) is 7.26. The number of hydrogen-bond donors (Lipinski definition) is 0. The fraction of sp³-hybridized carbons (Fsp3) is 0.793. The van der Waals surface area contributed by atoms with Crippen LogP contribution in [0.4, 0.5) is 0 Å². The Labute approximate surface area is 209 Å². The maximum absolute atomic E-state index is 12.4. The van der Waals surface area contributed by atoms with E-state index >= 15 is 0 Å². The number of fused-ring (bicyclic) bond motifs is 3. The van der Waals surface area contributed by atoms with E-state index in [9.17, 15) is 8.42 Å². The lowest BCUT2D eigenvalue weighted by molar-refractivity contribution is -0.0531. The van der Waals surface area contributed by atoms with Crippen molar-refractivity contribution in [1.29, 1.82) is 0 Å². The van der Waals surface area contributed by atoms with Crippen LogP contribution in [0.25, 0.3) is 0 Å². The summed E-state index contributed by atoms with van der Waals surface area (Å²) in [6.45, 7) is 3.38. The topological polar surface area (TPSA) is 43.4 Å². The highest BCUT2D eigenvalue weighted by molar-refractivity contribution is 7.91. The van der Waals surface area contributed by atoms with Crippen LogP contribution in [-0.4, -0.2) is 33.6 Å². The molecular weight excluding hydrogens is 439 g/mol. The summed E-state index contributed by atoms with van der Waals surface area (Å²) in [6, 6.07) is 6.27. The highest BCUT2D eigenvalue weighted by Crippen LogP contribution is 2.49. The Morgan fingerprint density at radius 2 is 1.44 bits per heavy atom. The molecule has 0 aromatic heterocycles. The van der Waals surface area contributed by atoms with Crippen LogP contribution in [0.3, 0.4) is 0 Å². The smallest absolute Gasteiger partial charge is 0.178 e. The summed E-state index contributed by atoms with van der Waals surface area (Å²) in [5.74, 6) is 0.272. The van der Waals surface area contributed by atoms with Gasteiger partial charge in [-0.3, -0.25) is 0 Å². The molecule has 4 aliphatic rings. The van der Waals surface area contributed by atoms with Crippen LogP contribution in [0, 0.1) is 5.41 Å². The molecule has 187 valence electrons. The van der Waals surface area contributed by atoms with Gasteiger partial charge in [0.2, 0.25) is 0 Å². The fourth-order valence-corrected chi connectivity index (χ4v) is 9.03. The predicted molar refractivity (Wildman–Crippen MR) is 140 cm³/mol. The molecule has 2 saturated heterocycles. The first-order valence-electron chi connectivity index (χ1n) is 14.2. The number of sulfone groups is 1. The van der Waals surface area contributed by atoms with Gasteiger partial charge in [-0.15, -0.1) is 0 Å². The van der Waals surface area contributed by atoms with E-state index in [4.69, 9.17) is 4.74 Å². The lowest BCUT2D eigenvalue weighted by Gasteiger charge is -2.47. The molecule has 0 amide bonds. The van der Waals surface area contributed by atoms with E-state index in [0.29, 0.717) is 16.7 Å². The minimum atomic E-state index is -3.07. The van der Waals surface area contributed by atoms with Crippen molar-refractivity contribution in [1.82, 2.24) is 0 Å². The van der Waals surface area contributed by atoms with E-state index in [2.05, 4.69) is 26.3 Å². The van der Waals surface area contributed by atoms with Gasteiger partial charge >= 0.3 is 0 Å². The lowest BCUT2D eigenvalue weighted by atomic mass is 9.36. The molecule has 5 rings (SSSR count). The molecule has 0 spiro atoms. The summed E-state index contributed by atoms with van der Waals surface area (Å²) in [6.07, 6.45) is 21.2. The van der Waals surface area contributed by atoms with Crippen LogP contribution in [0.5, 0.6) is 0 Å². The molecule has 3 aliphatic heterocycles. The van der Waals surface area contributed by atoms with Crippen LogP contribution >= 0.6 is 0 Å². The van der Waals surface area contributed by atoms with Crippen molar-refractivity contribution in [2.75, 3.05) is 12.4 Å². The van der Waals surface area contributed by atoms with Gasteiger partial charge in [-0.1, -0.05) is 96.1 Å². The zero-order valence-electron chi connectivity index (χ0n) is 21.4. The molecule has 3 fully saturated rings. The van der Waals surface area contributed by atoms with Gasteiger partial charge in [0.05, 0.1) is 17.3 Å². The molecule has 34 heavy (non-hydrogen) atoms. The largest absolute Gasteiger partial charge is 0.383 e. The van der Waals surface area contributed by atoms with Crippen LogP contribution < -0.4 is 0 Å². The molecule has 1 saturated carbocycles. The zero-order chi connectivity index (χ0) is 23.7. The third-order valence-electron chi connectivity index (χ3n) is 9.61. The molecular formula is C29H44BO3S. The summed E-state index contributed by atoms with van der Waals surface area (Å²) in [5, 5.41) is 0.0351. The van der Waals surface area contributed by atoms with E-state index in [1.165, 1.54) is 95.5 Å². The van der Waals surface area contributed by atoms with Crippen LogP contribution in [0.1, 0.15) is 121 Å². The zero-order valence-corrected chi connectivity index (χ0v) is 22.2. The van der Waals surface area contributed by atoms with Crippen molar-refractivity contribution >= 4 is 17.1 Å². The molecule has 1 radical (unpaired) electrons. The van der Waals surface area contributed by atoms with Crippen molar-refractivity contribution in [3.63, 3.8) is 0 Å². The third kappa shape index (κ3) is 5.17. The number of rotatable bonds is 4. The summed E-state index contributed by atoms with van der Waals surface area (Å²) >= 11 is 0. The molecule has 1 aromatic carbocycles. The average Bonchev–Trinajstić information content (AvgIpc) is 3.06. The number of hydrogen-bond acceptors (Lipinski definition) is 3. The molecule has 1 aliphatic carbocycles. The van der Waals surface area contributed by atoms with Gasteiger partial charge in [0.25, 0.3) is 0 Å². The van der Waals surface area contributed by atoms with Gasteiger partial charge in [0.15, 0.2) is 17.1 Å². The van der Waals surface area contributed by atoms with E-state index in [0.717, 1.165) is 25.0 Å². The Balaban J connectivity index is 1.35. The van der Waals surface area contributed by atoms with Gasteiger partial charge in [-0.25, -0.2) is 8.42 Å². The van der Waals surface area contributed by atoms with Crippen molar-refractivity contribution in [3.05, 3.63) is 29.3 Å². The van der Waals surface area contributed by atoms with Crippen LogP contribution in [0.2, 0.25) is 0 Å². The summed E-state index contributed by atoms with van der Waals surface area (Å²) in [4.78, 5) is 0.573. The van der Waals surface area contributed by atoms with Crippen LogP contribution in [0.15, 0.2) is 23.1 Å². The molecule has 1 aromatic rings. The Morgan fingerprint density at radius 3 is 2.21 bits per heavy atom. The second-order valence-electron chi connectivity index (χ2n) is 12.4. The Morgan fingerprint density at radius 1 is 0.824 bits per heavy atom. The number of ether oxygens (including phenoxy) is 1. The minimum Gasteiger partial charge on any atom is -0.383 e. The van der Waals surface area contributed by atoms with E-state index in [1.807, 2.05) is 6.07 Å². The lowest BCUT2D eigenvalue weighted by Crippen LogP contribution is -2.53. The van der Waals surface area contributed by atoms with Crippen molar-refractivity contribution in [2.45, 2.75) is 132 Å². The summed E-state index contributed by atoms with van der Waals surface area (Å²) in [5.41, 5.74) is 2.56. The number of benzene rings is 1. The highest BCUT2D eigenvalue weighted by Gasteiger charge is 2.49. The first kappa shape index (κ1) is 24.9. The molecule has 0 N–H and O–H groups in total. The molecule has 2 bridgehead atoms. The molecule has 3 nitrogen and oxygen atoms in total. The molecule has 3 heterocycles. The van der Waals surface area contributed by atoms with Gasteiger partial charge < -0.3 is 4.74 Å². The SMILES string of the molecule is CC1(COC23[B]C(c4ccc5c(c4)CCS5(=O)=O)(CCCC2)CCC3)CCCCCCCCC1. The minimum absolute atomic E-state index is 0.0351. The maximum Gasteiger partial charge on any atom is 0.178 e. The van der Waals surface area contributed by atoms with Crippen molar-refractivity contribution in [2.24, 2.45) is 5.41 Å². The van der Waals surface area contributed by atoms with Gasteiger partial charge in [0, 0.05) is 5.50 Å². The third-order valence-corrected chi connectivity index (χ3v) is 11.4. The molecule has 5 heteroatoms. The monoisotopic (exact) mass is 483 g/mol. The summed E-state index contributed by atoms with van der Waals surface area (Å²) in [7, 11) is -0.453. The Bertz CT molecular complexity index is 964. The second-order valence-corrected chi connectivity index (χ2v) is 14.5. The van der Waals surface area contributed by atoms with Gasteiger partial charge in [-0.2, -0.15) is 0 Å². The first-order chi connectivity index (χ1) is 16.3. The quantitative estimate of drug-likeness (QED) is 0.437. The van der Waals surface area contributed by atoms with Crippen molar-refractivity contribution < 1.29 is 13.2 Å². The normalized spacial score (nSPS) is 33.3. The fourth-order valence-electron chi connectivity index (χ4n) is 7.48. The predicted octanol–water partition coefficient (Wildman–Crippen LogP) is 6.92. The first-order valence-corrected chi connectivity index (χ1v) is 15.9. The molecule has 2 unspecified atom stereocenters. The van der Waals surface area contributed by atoms with Crippen molar-refractivity contribution in [3.8, 4) is 0 Å². The van der Waals surface area contributed by atoms with E-state index < -0.39 is 9.84 Å². The van der Waals surface area contributed by atoms with Gasteiger partial charge in [0.1, 0.15) is 0 Å². The molecule has 2 atom stereocenters. The van der Waals surface area contributed by atoms with E-state index in [1.54, 1.807) is 0 Å². The maximum atomic E-state index is 12.4. The number of aryl methyl sites for hydroxylation is 1. The van der Waals surface area contributed by atoms with Crippen LogP contribution in [-0.2, 0) is 26.3 Å². The second kappa shape index (κ2) is 9.92. The van der Waals surface area contributed by atoms with E-state index in [-0.39, 0.29) is 16.6 Å². The average molecular weight is 484 g/mol.